The van der Waals surface area contributed by atoms with Crippen LogP contribution in [0.2, 0.25) is 0 Å². The molecule has 6 N–H and O–H groups in total. The molecule has 1 amide bonds. The fourth-order valence-electron chi connectivity index (χ4n) is 7.80. The van der Waals surface area contributed by atoms with Gasteiger partial charge in [-0.1, -0.05) is 199 Å². The predicted octanol–water partition coefficient (Wildman–Crippen LogP) is 10.7. The first-order chi connectivity index (χ1) is 28.3. The molecule has 0 aromatic heterocycles. The quantitative estimate of drug-likeness (QED) is 0.0264. The van der Waals surface area contributed by atoms with Crippen molar-refractivity contribution in [1.82, 2.24) is 5.32 Å². The first-order valence-electron chi connectivity index (χ1n) is 24.6. The molecule has 0 bridgehead atoms. The number of aliphatic hydroxyl groups is 5. The van der Waals surface area contributed by atoms with Gasteiger partial charge in [0, 0.05) is 6.42 Å². The van der Waals surface area contributed by atoms with Crippen LogP contribution in [0.3, 0.4) is 0 Å². The van der Waals surface area contributed by atoms with Gasteiger partial charge in [-0.2, -0.15) is 0 Å². The first-order valence-corrected chi connectivity index (χ1v) is 24.6. The predicted molar refractivity (Wildman–Crippen MR) is 240 cm³/mol. The molecular formula is C49H93NO8. The molecule has 1 saturated heterocycles. The third-order valence-electron chi connectivity index (χ3n) is 11.8. The van der Waals surface area contributed by atoms with Crippen molar-refractivity contribution in [2.75, 3.05) is 13.2 Å². The van der Waals surface area contributed by atoms with Crippen LogP contribution < -0.4 is 5.32 Å². The highest BCUT2D eigenvalue weighted by atomic mass is 16.7. The van der Waals surface area contributed by atoms with Crippen molar-refractivity contribution < 1.29 is 39.8 Å². The van der Waals surface area contributed by atoms with Crippen LogP contribution in [0.1, 0.15) is 226 Å². The maximum Gasteiger partial charge on any atom is 0.220 e. The maximum absolute atomic E-state index is 13.0. The molecule has 0 saturated carbocycles. The lowest BCUT2D eigenvalue weighted by Crippen LogP contribution is -2.60. The Morgan fingerprint density at radius 3 is 1.40 bits per heavy atom. The van der Waals surface area contributed by atoms with Crippen LogP contribution in [-0.4, -0.2) is 87.5 Å². The number of allylic oxidation sites excluding steroid dienone is 3. The zero-order valence-corrected chi connectivity index (χ0v) is 37.6. The molecule has 0 aromatic carbocycles. The van der Waals surface area contributed by atoms with E-state index in [2.05, 4.69) is 31.3 Å². The zero-order valence-electron chi connectivity index (χ0n) is 37.6. The van der Waals surface area contributed by atoms with Gasteiger partial charge in [-0.05, 0) is 44.9 Å². The van der Waals surface area contributed by atoms with Gasteiger partial charge in [-0.3, -0.25) is 4.79 Å². The van der Waals surface area contributed by atoms with Crippen molar-refractivity contribution in [3.63, 3.8) is 0 Å². The summed E-state index contributed by atoms with van der Waals surface area (Å²) >= 11 is 0. The van der Waals surface area contributed by atoms with Crippen molar-refractivity contribution >= 4 is 5.91 Å². The van der Waals surface area contributed by atoms with Gasteiger partial charge < -0.3 is 40.3 Å². The Labute approximate surface area is 356 Å². The number of ether oxygens (including phenoxy) is 2. The number of rotatable bonds is 41. The molecule has 0 spiro atoms. The van der Waals surface area contributed by atoms with Gasteiger partial charge in [0.15, 0.2) is 6.29 Å². The summed E-state index contributed by atoms with van der Waals surface area (Å²) in [7, 11) is 0. The first kappa shape index (κ1) is 54.7. The molecule has 1 aliphatic heterocycles. The van der Waals surface area contributed by atoms with Crippen molar-refractivity contribution in [3.05, 3.63) is 24.3 Å². The summed E-state index contributed by atoms with van der Waals surface area (Å²) in [5.74, 6) is -0.181. The summed E-state index contributed by atoms with van der Waals surface area (Å²) in [6.45, 7) is 3.77. The number of carbonyl (C=O) groups is 1. The van der Waals surface area contributed by atoms with Gasteiger partial charge in [0.25, 0.3) is 0 Å². The smallest absolute Gasteiger partial charge is 0.220 e. The van der Waals surface area contributed by atoms with Crippen molar-refractivity contribution in [3.8, 4) is 0 Å². The minimum atomic E-state index is -1.56. The Kier molecular flexibility index (Phi) is 37.5. The second-order valence-electron chi connectivity index (χ2n) is 17.3. The van der Waals surface area contributed by atoms with Crippen molar-refractivity contribution in [2.24, 2.45) is 0 Å². The average molecular weight is 824 g/mol. The summed E-state index contributed by atoms with van der Waals surface area (Å²) in [6.07, 6.45) is 40.9. The van der Waals surface area contributed by atoms with E-state index in [1.165, 1.54) is 167 Å². The Hall–Kier alpha value is -1.33. The van der Waals surface area contributed by atoms with E-state index in [0.717, 1.165) is 38.5 Å². The van der Waals surface area contributed by atoms with E-state index in [-0.39, 0.29) is 12.5 Å². The van der Waals surface area contributed by atoms with Gasteiger partial charge in [0.1, 0.15) is 24.4 Å². The molecule has 0 aromatic rings. The highest BCUT2D eigenvalue weighted by molar-refractivity contribution is 5.76. The molecule has 1 aliphatic rings. The molecule has 9 heteroatoms. The number of hydrogen-bond donors (Lipinski definition) is 6. The van der Waals surface area contributed by atoms with Gasteiger partial charge in [0.05, 0.1) is 25.4 Å². The lowest BCUT2D eigenvalue weighted by Gasteiger charge is -2.40. The minimum absolute atomic E-state index is 0.181. The highest BCUT2D eigenvalue weighted by Crippen LogP contribution is 2.23. The topological polar surface area (TPSA) is 149 Å². The molecule has 1 heterocycles. The molecule has 1 fully saturated rings. The molecule has 7 unspecified atom stereocenters. The van der Waals surface area contributed by atoms with E-state index >= 15 is 0 Å². The fourth-order valence-corrected chi connectivity index (χ4v) is 7.80. The summed E-state index contributed by atoms with van der Waals surface area (Å²) in [5, 5.41) is 54.2. The van der Waals surface area contributed by atoms with E-state index in [0.29, 0.717) is 6.42 Å². The third kappa shape index (κ3) is 29.8. The number of aliphatic hydroxyl groups excluding tert-OH is 5. The minimum Gasteiger partial charge on any atom is -0.394 e. The van der Waals surface area contributed by atoms with Crippen LogP contribution in [0.15, 0.2) is 24.3 Å². The normalized spacial score (nSPS) is 21.0. The number of amides is 1. The third-order valence-corrected chi connectivity index (χ3v) is 11.8. The van der Waals surface area contributed by atoms with Crippen LogP contribution in [0.5, 0.6) is 0 Å². The molecule has 1 rings (SSSR count). The molecular weight excluding hydrogens is 731 g/mol. The van der Waals surface area contributed by atoms with E-state index in [1.807, 2.05) is 6.08 Å². The second-order valence-corrected chi connectivity index (χ2v) is 17.3. The zero-order chi connectivity index (χ0) is 42.3. The summed E-state index contributed by atoms with van der Waals surface area (Å²) in [6, 6.07) is -0.803. The highest BCUT2D eigenvalue weighted by Gasteiger charge is 2.44. The number of hydrogen-bond acceptors (Lipinski definition) is 8. The van der Waals surface area contributed by atoms with E-state index < -0.39 is 49.5 Å². The Morgan fingerprint density at radius 1 is 0.569 bits per heavy atom. The SMILES string of the molecule is CCCCCCCCCCCC/C=C/C(O)C(COC1OC(CO)C(O)C(O)C1O)NC(=O)CCCCCCCCC/C=C\CCCCCCCCCCCCCC. The maximum atomic E-state index is 13.0. The lowest BCUT2D eigenvalue weighted by atomic mass is 9.99. The molecule has 9 nitrogen and oxygen atoms in total. The van der Waals surface area contributed by atoms with Crippen LogP contribution in [0.25, 0.3) is 0 Å². The van der Waals surface area contributed by atoms with Crippen molar-refractivity contribution in [2.45, 2.75) is 269 Å². The van der Waals surface area contributed by atoms with Crippen LogP contribution in [-0.2, 0) is 14.3 Å². The van der Waals surface area contributed by atoms with Gasteiger partial charge >= 0.3 is 0 Å². The van der Waals surface area contributed by atoms with E-state index in [1.54, 1.807) is 6.08 Å². The number of unbranched alkanes of at least 4 members (excludes halogenated alkanes) is 29. The second kappa shape index (κ2) is 39.8. The van der Waals surface area contributed by atoms with Crippen LogP contribution in [0, 0.1) is 0 Å². The van der Waals surface area contributed by atoms with Crippen LogP contribution in [0.4, 0.5) is 0 Å². The standard InChI is InChI=1S/C49H93NO8/c1-3-5-7-9-11-13-15-17-18-19-20-21-22-23-24-25-26-27-29-31-33-35-37-39-45(53)50-42(41-57-49-48(56)47(55)46(54)44(40-51)58-49)43(52)38-36-34-32-30-28-16-14-12-10-8-6-4-2/h23-24,36,38,42-44,46-49,51-52,54-56H,3-22,25-35,37,39-41H2,1-2H3,(H,50,53)/b24-23-,38-36+. The molecule has 0 aliphatic carbocycles. The monoisotopic (exact) mass is 824 g/mol. The summed E-state index contributed by atoms with van der Waals surface area (Å²) < 4.78 is 11.2. The van der Waals surface area contributed by atoms with Gasteiger partial charge in [-0.25, -0.2) is 0 Å². The summed E-state index contributed by atoms with van der Waals surface area (Å²) in [5.41, 5.74) is 0. The lowest BCUT2D eigenvalue weighted by molar-refractivity contribution is -0.302. The molecule has 58 heavy (non-hydrogen) atoms. The van der Waals surface area contributed by atoms with Crippen molar-refractivity contribution in [1.29, 1.82) is 0 Å². The number of carbonyl (C=O) groups excluding carboxylic acids is 1. The molecule has 7 atom stereocenters. The van der Waals surface area contributed by atoms with Crippen LogP contribution >= 0.6 is 0 Å². The van der Waals surface area contributed by atoms with E-state index in [9.17, 15) is 30.3 Å². The summed E-state index contributed by atoms with van der Waals surface area (Å²) in [4.78, 5) is 13.0. The van der Waals surface area contributed by atoms with E-state index in [4.69, 9.17) is 9.47 Å². The Morgan fingerprint density at radius 2 is 0.966 bits per heavy atom. The molecule has 0 radical (unpaired) electrons. The molecule has 342 valence electrons. The Balaban J connectivity index is 2.26. The average Bonchev–Trinajstić information content (AvgIpc) is 3.22. The number of nitrogens with one attached hydrogen (secondary N) is 1. The Bertz CT molecular complexity index is 961. The van der Waals surface area contributed by atoms with Gasteiger partial charge in [0.2, 0.25) is 5.91 Å². The fraction of sp³-hybridized carbons (Fsp3) is 0.898. The van der Waals surface area contributed by atoms with Gasteiger partial charge in [-0.15, -0.1) is 0 Å². The largest absolute Gasteiger partial charge is 0.394 e.